The molecule has 5 atom stereocenters. The van der Waals surface area contributed by atoms with Crippen LogP contribution in [-0.2, 0) is 30.4 Å². The van der Waals surface area contributed by atoms with Gasteiger partial charge in [0.05, 0.1) is 18.6 Å². The number of carboxylic acids is 2. The Morgan fingerprint density at radius 2 is 1.61 bits per heavy atom. The molecule has 0 aliphatic heterocycles. The number of hydrogen-bond acceptors (Lipinski definition) is 8. The van der Waals surface area contributed by atoms with E-state index in [4.69, 9.17) is 10.8 Å². The normalized spacial score (nSPS) is 15.2. The van der Waals surface area contributed by atoms with Crippen molar-refractivity contribution in [3.05, 3.63) is 36.0 Å². The third-order valence-electron chi connectivity index (χ3n) is 5.33. The van der Waals surface area contributed by atoms with Crippen molar-refractivity contribution in [1.82, 2.24) is 20.9 Å². The molecule has 0 spiro atoms. The van der Waals surface area contributed by atoms with Crippen LogP contribution in [0.4, 0.5) is 0 Å². The van der Waals surface area contributed by atoms with Crippen molar-refractivity contribution < 1.29 is 39.3 Å². The van der Waals surface area contributed by atoms with Crippen LogP contribution in [0.3, 0.4) is 0 Å². The number of carbonyl (C=O) groups excluding carboxylic acids is 3. The second kappa shape index (κ2) is 12.9. The lowest BCUT2D eigenvalue weighted by Gasteiger charge is -2.24. The third kappa shape index (κ3) is 7.69. The number of nitrogens with one attached hydrogen (secondary N) is 4. The first kappa shape index (κ1) is 28.6. The molecule has 2 rings (SSSR count). The Balaban J connectivity index is 2.07. The maximum Gasteiger partial charge on any atom is 0.328 e. The molecular weight excluding hydrogens is 494 g/mol. The Bertz CT molecular complexity index is 1120. The number of para-hydroxylation sites is 1. The van der Waals surface area contributed by atoms with Crippen LogP contribution in [0.5, 0.6) is 0 Å². The summed E-state index contributed by atoms with van der Waals surface area (Å²) in [5.74, 6) is -5.94. The average molecular weight is 524 g/mol. The van der Waals surface area contributed by atoms with Crippen molar-refractivity contribution in [2.24, 2.45) is 5.73 Å². The number of amides is 3. The molecule has 0 radical (unpaired) electrons. The molecule has 3 amide bonds. The molecule has 0 aliphatic rings. The van der Waals surface area contributed by atoms with E-state index in [0.29, 0.717) is 0 Å². The fourth-order valence-electron chi connectivity index (χ4n) is 3.40. The zero-order valence-corrected chi connectivity index (χ0v) is 20.2. The number of H-pyrrole nitrogens is 1. The number of thiol groups is 1. The highest BCUT2D eigenvalue weighted by Gasteiger charge is 2.32. The van der Waals surface area contributed by atoms with E-state index in [2.05, 4.69) is 33.6 Å². The summed E-state index contributed by atoms with van der Waals surface area (Å²) in [5, 5.41) is 35.3. The van der Waals surface area contributed by atoms with Crippen LogP contribution in [0, 0.1) is 0 Å². The van der Waals surface area contributed by atoms with Crippen molar-refractivity contribution in [3.63, 3.8) is 0 Å². The zero-order chi connectivity index (χ0) is 27.0. The summed E-state index contributed by atoms with van der Waals surface area (Å²) >= 11 is 3.96. The van der Waals surface area contributed by atoms with Crippen molar-refractivity contribution in [2.45, 2.75) is 50.0 Å². The Labute approximate surface area is 211 Å². The molecule has 0 saturated carbocycles. The van der Waals surface area contributed by atoms with E-state index in [-0.39, 0.29) is 12.2 Å². The lowest BCUT2D eigenvalue weighted by atomic mass is 10.0. The maximum absolute atomic E-state index is 12.7. The number of aliphatic hydroxyl groups is 1. The Morgan fingerprint density at radius 3 is 2.19 bits per heavy atom. The molecule has 196 valence electrons. The van der Waals surface area contributed by atoms with Gasteiger partial charge in [-0.2, -0.15) is 12.6 Å². The first-order valence-corrected chi connectivity index (χ1v) is 11.5. The van der Waals surface area contributed by atoms with Crippen LogP contribution in [-0.4, -0.2) is 86.0 Å². The SMILES string of the molecule is CC(O)C(NC(=O)C(CS)NC(=O)C(CC(=O)O)NC(=O)C(N)Cc1c[nH]c2ccccc12)C(=O)O. The fraction of sp³-hybridized carbons (Fsp3) is 0.409. The number of carboxylic acid groups (broad SMARTS) is 2. The number of carbonyl (C=O) groups is 5. The number of aliphatic hydroxyl groups excluding tert-OH is 1. The minimum Gasteiger partial charge on any atom is -0.481 e. The van der Waals surface area contributed by atoms with Gasteiger partial charge in [0.25, 0.3) is 0 Å². The predicted octanol–water partition coefficient (Wildman–Crippen LogP) is -1.64. The summed E-state index contributed by atoms with van der Waals surface area (Å²) in [6.07, 6.45) is -0.425. The lowest BCUT2D eigenvalue weighted by Crippen LogP contribution is -2.59. The number of benzene rings is 1. The topological polar surface area (TPSA) is 224 Å². The zero-order valence-electron chi connectivity index (χ0n) is 19.3. The first-order chi connectivity index (χ1) is 16.9. The molecule has 1 aromatic carbocycles. The quantitative estimate of drug-likeness (QED) is 0.137. The van der Waals surface area contributed by atoms with Crippen LogP contribution in [0.2, 0.25) is 0 Å². The van der Waals surface area contributed by atoms with Crippen molar-refractivity contribution in [1.29, 1.82) is 0 Å². The first-order valence-electron chi connectivity index (χ1n) is 10.9. The van der Waals surface area contributed by atoms with Gasteiger partial charge in [-0.1, -0.05) is 18.2 Å². The lowest BCUT2D eigenvalue weighted by molar-refractivity contribution is -0.145. The molecule has 13 nitrogen and oxygen atoms in total. The average Bonchev–Trinajstić information content (AvgIpc) is 3.22. The second-order valence-electron chi connectivity index (χ2n) is 8.14. The number of aliphatic carboxylic acids is 2. The Morgan fingerprint density at radius 1 is 1.00 bits per heavy atom. The van der Waals surface area contributed by atoms with Crippen molar-refractivity contribution in [3.8, 4) is 0 Å². The number of hydrogen-bond donors (Lipinski definition) is 9. The molecule has 0 aliphatic carbocycles. The van der Waals surface area contributed by atoms with Crippen LogP contribution in [0.15, 0.2) is 30.5 Å². The van der Waals surface area contributed by atoms with Crippen LogP contribution in [0.25, 0.3) is 10.9 Å². The molecule has 1 heterocycles. The second-order valence-corrected chi connectivity index (χ2v) is 8.50. The molecule has 14 heteroatoms. The number of aromatic nitrogens is 1. The van der Waals surface area contributed by atoms with Crippen molar-refractivity contribution in [2.75, 3.05) is 5.75 Å². The maximum atomic E-state index is 12.7. The summed E-state index contributed by atoms with van der Waals surface area (Å²) in [6, 6.07) is 1.66. The highest BCUT2D eigenvalue weighted by Crippen LogP contribution is 2.18. The van der Waals surface area contributed by atoms with Gasteiger partial charge in [-0.25, -0.2) is 4.79 Å². The van der Waals surface area contributed by atoms with Crippen molar-refractivity contribution >= 4 is 53.2 Å². The van der Waals surface area contributed by atoms with Gasteiger partial charge >= 0.3 is 11.9 Å². The molecule has 0 fully saturated rings. The number of fused-ring (bicyclic) bond motifs is 1. The molecule has 2 aromatic rings. The number of rotatable bonds is 13. The van der Waals surface area contributed by atoms with E-state index in [1.54, 1.807) is 6.20 Å². The number of aromatic amines is 1. The van der Waals surface area contributed by atoms with E-state index >= 15 is 0 Å². The molecule has 0 saturated heterocycles. The molecule has 0 bridgehead atoms. The Kier molecular flexibility index (Phi) is 10.3. The van der Waals surface area contributed by atoms with Gasteiger partial charge in [0.15, 0.2) is 6.04 Å². The van der Waals surface area contributed by atoms with Gasteiger partial charge in [0, 0.05) is 22.9 Å². The van der Waals surface area contributed by atoms with E-state index in [1.165, 1.54) is 0 Å². The minimum atomic E-state index is -1.64. The molecule has 9 N–H and O–H groups in total. The molecule has 1 aromatic heterocycles. The molecule has 5 unspecified atom stereocenters. The summed E-state index contributed by atoms with van der Waals surface area (Å²) in [5.41, 5.74) is 7.61. The Hall–Kier alpha value is -3.62. The summed E-state index contributed by atoms with van der Waals surface area (Å²) in [6.45, 7) is 1.16. The standard InChI is InChI=1S/C22H29N5O8S/c1-10(28)18(22(34)35)27-21(33)16(9-36)26-20(32)15(7-17(29)30)25-19(31)13(23)6-11-8-24-14-5-3-2-4-12(11)14/h2-5,8,10,13,15-16,18,24,28,36H,6-7,9,23H2,1H3,(H,25,31)(H,26,32)(H,27,33)(H,29,30)(H,34,35). The summed E-state index contributed by atoms with van der Waals surface area (Å²) < 4.78 is 0. The van der Waals surface area contributed by atoms with Gasteiger partial charge < -0.3 is 42.0 Å². The van der Waals surface area contributed by atoms with E-state index in [9.17, 15) is 34.2 Å². The predicted molar refractivity (Wildman–Crippen MR) is 131 cm³/mol. The summed E-state index contributed by atoms with van der Waals surface area (Å²) in [7, 11) is 0. The van der Waals surface area contributed by atoms with Gasteiger partial charge in [0.2, 0.25) is 17.7 Å². The summed E-state index contributed by atoms with van der Waals surface area (Å²) in [4.78, 5) is 63.4. The van der Waals surface area contributed by atoms with Gasteiger partial charge in [-0.3, -0.25) is 19.2 Å². The van der Waals surface area contributed by atoms with E-state index in [1.807, 2.05) is 24.3 Å². The monoisotopic (exact) mass is 523 g/mol. The van der Waals surface area contributed by atoms with E-state index in [0.717, 1.165) is 23.4 Å². The third-order valence-corrected chi connectivity index (χ3v) is 5.69. The smallest absolute Gasteiger partial charge is 0.328 e. The minimum absolute atomic E-state index is 0.106. The van der Waals surface area contributed by atoms with E-state index < -0.39 is 66.4 Å². The largest absolute Gasteiger partial charge is 0.481 e. The van der Waals surface area contributed by atoms with Gasteiger partial charge in [-0.15, -0.1) is 0 Å². The van der Waals surface area contributed by atoms with Crippen LogP contribution >= 0.6 is 12.6 Å². The molecular formula is C22H29N5O8S. The van der Waals surface area contributed by atoms with Crippen LogP contribution in [0.1, 0.15) is 18.9 Å². The molecule has 36 heavy (non-hydrogen) atoms. The fourth-order valence-corrected chi connectivity index (χ4v) is 3.66. The number of nitrogens with two attached hydrogens (primary N) is 1. The highest BCUT2D eigenvalue weighted by molar-refractivity contribution is 7.80. The van der Waals surface area contributed by atoms with Gasteiger partial charge in [0.1, 0.15) is 12.1 Å². The van der Waals surface area contributed by atoms with Crippen LogP contribution < -0.4 is 21.7 Å². The highest BCUT2D eigenvalue weighted by atomic mass is 32.1. The van der Waals surface area contributed by atoms with Gasteiger partial charge in [-0.05, 0) is 25.0 Å².